The molecule has 1 aliphatic rings. The van der Waals surface area contributed by atoms with E-state index >= 15 is 0 Å². The summed E-state index contributed by atoms with van der Waals surface area (Å²) >= 11 is 0. The lowest BCUT2D eigenvalue weighted by molar-refractivity contribution is -0.117. The second-order valence-electron chi connectivity index (χ2n) is 5.20. The summed E-state index contributed by atoms with van der Waals surface area (Å²) in [4.78, 5) is 23.6. The van der Waals surface area contributed by atoms with E-state index in [0.717, 1.165) is 35.4 Å². The third-order valence-electron chi connectivity index (χ3n) is 3.38. The number of halogens is 2. The maximum absolute atomic E-state index is 13.5. The fourth-order valence-electron chi connectivity index (χ4n) is 2.09. The van der Waals surface area contributed by atoms with Crippen molar-refractivity contribution < 1.29 is 13.6 Å². The molecule has 0 unspecified atom stereocenters. The summed E-state index contributed by atoms with van der Waals surface area (Å²) in [6.45, 7) is -0.323. The molecule has 0 bridgehead atoms. The standard InChI is InChI=1S/C15H13F2N3O2/c16-10-3-4-13(11(17)7-10)18-14(21)8-20-15(22)6-5-12(19-20)9-1-2-9/h3-7,9H,1-2,8H2,(H,18,21). The molecule has 5 nitrogen and oxygen atoms in total. The second-order valence-corrected chi connectivity index (χ2v) is 5.20. The molecule has 1 saturated carbocycles. The molecule has 3 rings (SSSR count). The number of hydrogen-bond donors (Lipinski definition) is 1. The van der Waals surface area contributed by atoms with Gasteiger partial charge in [0.25, 0.3) is 5.56 Å². The molecule has 114 valence electrons. The minimum absolute atomic E-state index is 0.141. The zero-order valence-electron chi connectivity index (χ0n) is 11.6. The minimum Gasteiger partial charge on any atom is -0.322 e. The Balaban J connectivity index is 1.74. The Morgan fingerprint density at radius 1 is 1.27 bits per heavy atom. The van der Waals surface area contributed by atoms with Crippen LogP contribution in [0.15, 0.2) is 35.1 Å². The molecular formula is C15H13F2N3O2. The molecular weight excluding hydrogens is 292 g/mol. The van der Waals surface area contributed by atoms with Crippen LogP contribution in [0.3, 0.4) is 0 Å². The summed E-state index contributed by atoms with van der Waals surface area (Å²) < 4.78 is 27.3. The summed E-state index contributed by atoms with van der Waals surface area (Å²) in [5.74, 6) is -1.86. The van der Waals surface area contributed by atoms with Crippen LogP contribution in [0, 0.1) is 11.6 Å². The molecule has 1 N–H and O–H groups in total. The fourth-order valence-corrected chi connectivity index (χ4v) is 2.09. The lowest BCUT2D eigenvalue weighted by Gasteiger charge is -2.08. The summed E-state index contributed by atoms with van der Waals surface area (Å²) in [6, 6.07) is 5.87. The maximum atomic E-state index is 13.5. The topological polar surface area (TPSA) is 64.0 Å². The van der Waals surface area contributed by atoms with Crippen molar-refractivity contribution in [2.75, 3.05) is 5.32 Å². The summed E-state index contributed by atoms with van der Waals surface area (Å²) in [6.07, 6.45) is 2.05. The Morgan fingerprint density at radius 3 is 2.73 bits per heavy atom. The zero-order valence-corrected chi connectivity index (χ0v) is 11.6. The molecule has 2 aromatic rings. The third-order valence-corrected chi connectivity index (χ3v) is 3.38. The van der Waals surface area contributed by atoms with Crippen molar-refractivity contribution in [2.24, 2.45) is 0 Å². The largest absolute Gasteiger partial charge is 0.322 e. The molecule has 0 spiro atoms. The first-order chi connectivity index (χ1) is 10.5. The smallest absolute Gasteiger partial charge is 0.267 e. The van der Waals surface area contributed by atoms with E-state index in [1.165, 1.54) is 6.07 Å². The van der Waals surface area contributed by atoms with Crippen molar-refractivity contribution in [3.05, 3.63) is 58.0 Å². The van der Waals surface area contributed by atoms with Crippen LogP contribution in [0.2, 0.25) is 0 Å². The quantitative estimate of drug-likeness (QED) is 0.940. The molecule has 1 fully saturated rings. The molecule has 22 heavy (non-hydrogen) atoms. The Labute approximate surface area is 124 Å². The fraction of sp³-hybridized carbons (Fsp3) is 0.267. The number of amides is 1. The number of aromatic nitrogens is 2. The lowest BCUT2D eigenvalue weighted by Crippen LogP contribution is -2.29. The van der Waals surface area contributed by atoms with E-state index in [1.54, 1.807) is 6.07 Å². The number of anilines is 1. The zero-order chi connectivity index (χ0) is 15.7. The summed E-state index contributed by atoms with van der Waals surface area (Å²) in [5, 5.41) is 6.44. The normalized spacial score (nSPS) is 13.9. The van der Waals surface area contributed by atoms with Crippen LogP contribution < -0.4 is 10.9 Å². The van der Waals surface area contributed by atoms with Gasteiger partial charge in [0.15, 0.2) is 0 Å². The number of carbonyl (C=O) groups is 1. The first-order valence-electron chi connectivity index (χ1n) is 6.86. The highest BCUT2D eigenvalue weighted by Crippen LogP contribution is 2.38. The Morgan fingerprint density at radius 2 is 2.05 bits per heavy atom. The van der Waals surface area contributed by atoms with Crippen molar-refractivity contribution in [3.8, 4) is 0 Å². The van der Waals surface area contributed by atoms with Gasteiger partial charge in [-0.25, -0.2) is 13.5 Å². The molecule has 0 aliphatic heterocycles. The predicted molar refractivity (Wildman–Crippen MR) is 75.5 cm³/mol. The molecule has 1 heterocycles. The third kappa shape index (κ3) is 3.19. The van der Waals surface area contributed by atoms with E-state index in [1.807, 2.05) is 0 Å². The van der Waals surface area contributed by atoms with E-state index in [4.69, 9.17) is 0 Å². The number of hydrogen-bond acceptors (Lipinski definition) is 3. The van der Waals surface area contributed by atoms with Gasteiger partial charge in [0.2, 0.25) is 5.91 Å². The van der Waals surface area contributed by atoms with Gasteiger partial charge in [-0.15, -0.1) is 0 Å². The summed E-state index contributed by atoms with van der Waals surface area (Å²) in [5.41, 5.74) is 0.234. The van der Waals surface area contributed by atoms with Crippen molar-refractivity contribution in [2.45, 2.75) is 25.3 Å². The highest BCUT2D eigenvalue weighted by atomic mass is 19.1. The number of benzene rings is 1. The Kier molecular flexibility index (Phi) is 3.70. The van der Waals surface area contributed by atoms with Gasteiger partial charge < -0.3 is 5.32 Å². The van der Waals surface area contributed by atoms with E-state index < -0.39 is 23.1 Å². The van der Waals surface area contributed by atoms with Crippen LogP contribution in [-0.4, -0.2) is 15.7 Å². The van der Waals surface area contributed by atoms with Crippen LogP contribution in [0.4, 0.5) is 14.5 Å². The number of rotatable bonds is 4. The highest BCUT2D eigenvalue weighted by molar-refractivity contribution is 5.90. The Hall–Kier alpha value is -2.57. The van der Waals surface area contributed by atoms with Crippen molar-refractivity contribution >= 4 is 11.6 Å². The van der Waals surface area contributed by atoms with Crippen LogP contribution in [0.5, 0.6) is 0 Å². The molecule has 1 aliphatic carbocycles. The van der Waals surface area contributed by atoms with Gasteiger partial charge in [0, 0.05) is 18.1 Å². The van der Waals surface area contributed by atoms with E-state index in [9.17, 15) is 18.4 Å². The average Bonchev–Trinajstić information content (AvgIpc) is 3.29. The predicted octanol–water partition coefficient (Wildman–Crippen LogP) is 2.04. The average molecular weight is 305 g/mol. The summed E-state index contributed by atoms with van der Waals surface area (Å²) in [7, 11) is 0. The van der Waals surface area contributed by atoms with Crippen molar-refractivity contribution in [1.82, 2.24) is 9.78 Å². The second kappa shape index (κ2) is 5.67. The van der Waals surface area contributed by atoms with Gasteiger partial charge in [-0.2, -0.15) is 5.10 Å². The molecule has 0 atom stereocenters. The van der Waals surface area contributed by atoms with Gasteiger partial charge in [-0.3, -0.25) is 9.59 Å². The molecule has 0 saturated heterocycles. The van der Waals surface area contributed by atoms with Crippen LogP contribution in [0.1, 0.15) is 24.5 Å². The van der Waals surface area contributed by atoms with E-state index in [-0.39, 0.29) is 12.2 Å². The van der Waals surface area contributed by atoms with Gasteiger partial charge in [0.05, 0.1) is 11.4 Å². The van der Waals surface area contributed by atoms with Gasteiger partial charge in [-0.05, 0) is 31.0 Å². The van der Waals surface area contributed by atoms with E-state index in [0.29, 0.717) is 12.0 Å². The minimum atomic E-state index is -0.875. The SMILES string of the molecule is O=C(Cn1nc(C2CC2)ccc1=O)Nc1ccc(F)cc1F. The van der Waals surface area contributed by atoms with Crippen molar-refractivity contribution in [3.63, 3.8) is 0 Å². The highest BCUT2D eigenvalue weighted by Gasteiger charge is 2.25. The lowest BCUT2D eigenvalue weighted by atomic mass is 10.3. The van der Waals surface area contributed by atoms with Gasteiger partial charge >= 0.3 is 0 Å². The molecule has 0 radical (unpaired) electrons. The maximum Gasteiger partial charge on any atom is 0.267 e. The number of nitrogens with one attached hydrogen (secondary N) is 1. The number of carbonyl (C=O) groups excluding carboxylic acids is 1. The molecule has 1 amide bonds. The van der Waals surface area contributed by atoms with Gasteiger partial charge in [-0.1, -0.05) is 0 Å². The number of nitrogens with zero attached hydrogens (tertiary/aromatic N) is 2. The van der Waals surface area contributed by atoms with Crippen molar-refractivity contribution in [1.29, 1.82) is 0 Å². The van der Waals surface area contributed by atoms with Crippen LogP contribution in [0.25, 0.3) is 0 Å². The van der Waals surface area contributed by atoms with Gasteiger partial charge in [0.1, 0.15) is 18.2 Å². The molecule has 1 aromatic heterocycles. The molecule has 1 aromatic carbocycles. The first-order valence-corrected chi connectivity index (χ1v) is 6.86. The van der Waals surface area contributed by atoms with Crippen LogP contribution >= 0.6 is 0 Å². The van der Waals surface area contributed by atoms with E-state index in [2.05, 4.69) is 10.4 Å². The van der Waals surface area contributed by atoms with Crippen LogP contribution in [-0.2, 0) is 11.3 Å². The molecule has 7 heteroatoms. The monoisotopic (exact) mass is 305 g/mol. The Bertz CT molecular complexity index is 785. The first kappa shape index (κ1) is 14.4.